The van der Waals surface area contributed by atoms with Gasteiger partial charge < -0.3 is 9.72 Å². The average molecular weight is 339 g/mol. The Bertz CT molecular complexity index is 901. The summed E-state index contributed by atoms with van der Waals surface area (Å²) in [5, 5.41) is 2.91. The Morgan fingerprint density at radius 1 is 1.28 bits per heavy atom. The molecule has 2 aromatic heterocycles. The minimum absolute atomic E-state index is 0.0606. The third kappa shape index (κ3) is 3.87. The Balaban J connectivity index is 2.04. The summed E-state index contributed by atoms with van der Waals surface area (Å²) in [6, 6.07) is 10.5. The number of aromatic nitrogens is 2. The summed E-state index contributed by atoms with van der Waals surface area (Å²) in [6.07, 6.45) is 3.95. The quantitative estimate of drug-likeness (QED) is 0.768. The van der Waals surface area contributed by atoms with Crippen LogP contribution in [0.1, 0.15) is 43.0 Å². The maximum absolute atomic E-state index is 13.8. The zero-order chi connectivity index (χ0) is 18.0. The largest absolute Gasteiger partial charge is 0.354 e. The number of pyridine rings is 1. The molecule has 0 aliphatic heterocycles. The average Bonchev–Trinajstić information content (AvgIpc) is 2.94. The molecule has 1 amide bonds. The van der Waals surface area contributed by atoms with Crippen LogP contribution in [-0.4, -0.2) is 21.3 Å². The maximum Gasteiger partial charge on any atom is 0.221 e. The number of hydrogen-bond donors (Lipinski definition) is 1. The van der Waals surface area contributed by atoms with E-state index in [0.717, 1.165) is 22.5 Å². The molecule has 5 heteroatoms. The summed E-state index contributed by atoms with van der Waals surface area (Å²) in [5.41, 5.74) is 3.57. The third-order valence-corrected chi connectivity index (χ3v) is 4.14. The van der Waals surface area contributed by atoms with Crippen molar-refractivity contribution in [2.75, 3.05) is 0 Å². The minimum atomic E-state index is -0.309. The molecule has 1 N–H and O–H groups in total. The van der Waals surface area contributed by atoms with Gasteiger partial charge in [0.05, 0.1) is 5.69 Å². The van der Waals surface area contributed by atoms with Crippen molar-refractivity contribution < 1.29 is 9.18 Å². The van der Waals surface area contributed by atoms with Gasteiger partial charge in [0.25, 0.3) is 0 Å². The van der Waals surface area contributed by atoms with Crippen molar-refractivity contribution in [1.82, 2.24) is 14.7 Å². The number of hydrogen-bond acceptors (Lipinski definition) is 2. The molecule has 0 saturated carbocycles. The Hall–Kier alpha value is -2.69. The summed E-state index contributed by atoms with van der Waals surface area (Å²) in [6.45, 7) is 5.85. The van der Waals surface area contributed by atoms with E-state index in [1.807, 2.05) is 49.6 Å². The minimum Gasteiger partial charge on any atom is -0.354 e. The van der Waals surface area contributed by atoms with Crippen LogP contribution in [0.3, 0.4) is 0 Å². The monoisotopic (exact) mass is 339 g/mol. The van der Waals surface area contributed by atoms with Crippen LogP contribution in [0.25, 0.3) is 5.65 Å². The Morgan fingerprint density at radius 3 is 2.80 bits per heavy atom. The topological polar surface area (TPSA) is 46.4 Å². The van der Waals surface area contributed by atoms with Crippen LogP contribution in [-0.2, 0) is 4.79 Å². The number of imidazole rings is 1. The molecule has 3 rings (SSSR count). The molecule has 0 bridgehead atoms. The van der Waals surface area contributed by atoms with Gasteiger partial charge in [-0.05, 0) is 56.2 Å². The number of halogens is 1. The molecule has 0 fully saturated rings. The van der Waals surface area contributed by atoms with Gasteiger partial charge in [0, 0.05) is 30.8 Å². The first-order valence-corrected chi connectivity index (χ1v) is 8.42. The Kier molecular flexibility index (Phi) is 4.83. The highest BCUT2D eigenvalue weighted by molar-refractivity contribution is 5.77. The molecule has 0 radical (unpaired) electrons. The highest BCUT2D eigenvalue weighted by Crippen LogP contribution is 2.29. The first-order valence-electron chi connectivity index (χ1n) is 8.42. The number of fused-ring (bicyclic) bond motifs is 1. The SMILES string of the molecule is Cc1ccn2c(C(CC(=O)NC(C)C)c3cccc(F)c3)cnc2c1. The lowest BCUT2D eigenvalue weighted by Crippen LogP contribution is -2.31. The molecule has 3 aromatic rings. The molecule has 130 valence electrons. The van der Waals surface area contributed by atoms with Crippen molar-refractivity contribution in [1.29, 1.82) is 0 Å². The molecular weight excluding hydrogens is 317 g/mol. The standard InChI is InChI=1S/C20H22FN3O/c1-13(2)23-20(25)11-17(15-5-4-6-16(21)10-15)18-12-22-19-9-14(3)7-8-24(18)19/h4-10,12-13,17H,11H2,1-3H3,(H,23,25). The van der Waals surface area contributed by atoms with Crippen molar-refractivity contribution in [3.05, 3.63) is 71.4 Å². The number of nitrogens with zero attached hydrogens (tertiary/aromatic N) is 2. The van der Waals surface area contributed by atoms with E-state index in [1.54, 1.807) is 12.3 Å². The molecule has 0 spiro atoms. The van der Waals surface area contributed by atoms with Gasteiger partial charge in [0.1, 0.15) is 11.5 Å². The van der Waals surface area contributed by atoms with Gasteiger partial charge in [-0.25, -0.2) is 9.37 Å². The van der Waals surface area contributed by atoms with E-state index >= 15 is 0 Å². The molecule has 1 unspecified atom stereocenters. The van der Waals surface area contributed by atoms with Crippen molar-refractivity contribution in [2.45, 2.75) is 39.2 Å². The fourth-order valence-electron chi connectivity index (χ4n) is 3.04. The van der Waals surface area contributed by atoms with Crippen LogP contribution in [0.4, 0.5) is 4.39 Å². The van der Waals surface area contributed by atoms with Crippen LogP contribution < -0.4 is 5.32 Å². The van der Waals surface area contributed by atoms with Crippen LogP contribution in [0, 0.1) is 12.7 Å². The van der Waals surface area contributed by atoms with E-state index in [0.29, 0.717) is 0 Å². The molecular formula is C20H22FN3O. The lowest BCUT2D eigenvalue weighted by Gasteiger charge is -2.18. The second kappa shape index (κ2) is 7.05. The summed E-state index contributed by atoms with van der Waals surface area (Å²) in [4.78, 5) is 16.8. The van der Waals surface area contributed by atoms with Crippen LogP contribution in [0.15, 0.2) is 48.8 Å². The maximum atomic E-state index is 13.8. The van der Waals surface area contributed by atoms with Crippen LogP contribution >= 0.6 is 0 Å². The molecule has 1 atom stereocenters. The summed E-state index contributed by atoms with van der Waals surface area (Å²) in [7, 11) is 0. The van der Waals surface area contributed by atoms with Gasteiger partial charge in [0.15, 0.2) is 0 Å². The zero-order valence-electron chi connectivity index (χ0n) is 14.7. The van der Waals surface area contributed by atoms with Gasteiger partial charge in [0.2, 0.25) is 5.91 Å². The molecule has 0 aliphatic rings. The number of nitrogens with one attached hydrogen (secondary N) is 1. The van der Waals surface area contributed by atoms with Crippen molar-refractivity contribution in [3.63, 3.8) is 0 Å². The number of carbonyl (C=O) groups is 1. The number of amides is 1. The lowest BCUT2D eigenvalue weighted by molar-refractivity contribution is -0.121. The summed E-state index contributed by atoms with van der Waals surface area (Å²) < 4.78 is 15.7. The van der Waals surface area contributed by atoms with E-state index in [2.05, 4.69) is 10.3 Å². The smallest absolute Gasteiger partial charge is 0.221 e. The van der Waals surface area contributed by atoms with Crippen LogP contribution in [0.2, 0.25) is 0 Å². The fourth-order valence-corrected chi connectivity index (χ4v) is 3.04. The molecule has 1 aromatic carbocycles. The molecule has 0 saturated heterocycles. The second-order valence-corrected chi connectivity index (χ2v) is 6.65. The Morgan fingerprint density at radius 2 is 2.08 bits per heavy atom. The van der Waals surface area contributed by atoms with Crippen LogP contribution in [0.5, 0.6) is 0 Å². The number of rotatable bonds is 5. The third-order valence-electron chi connectivity index (χ3n) is 4.14. The molecule has 0 aliphatic carbocycles. The van der Waals surface area contributed by atoms with Crippen molar-refractivity contribution >= 4 is 11.6 Å². The molecule has 2 heterocycles. The summed E-state index contributed by atoms with van der Waals surface area (Å²) >= 11 is 0. The normalized spacial score (nSPS) is 12.5. The molecule has 25 heavy (non-hydrogen) atoms. The van der Waals surface area contributed by atoms with E-state index in [-0.39, 0.29) is 30.1 Å². The van der Waals surface area contributed by atoms with Crippen molar-refractivity contribution in [2.24, 2.45) is 0 Å². The van der Waals surface area contributed by atoms with Gasteiger partial charge in [-0.2, -0.15) is 0 Å². The lowest BCUT2D eigenvalue weighted by atomic mass is 9.92. The van der Waals surface area contributed by atoms with E-state index in [4.69, 9.17) is 0 Å². The second-order valence-electron chi connectivity index (χ2n) is 6.65. The predicted octanol–water partition coefficient (Wildman–Crippen LogP) is 3.83. The number of aryl methyl sites for hydroxylation is 1. The number of benzene rings is 1. The zero-order valence-corrected chi connectivity index (χ0v) is 14.7. The molecule has 4 nitrogen and oxygen atoms in total. The Labute approximate surface area is 146 Å². The van der Waals surface area contributed by atoms with Crippen molar-refractivity contribution in [3.8, 4) is 0 Å². The van der Waals surface area contributed by atoms with Gasteiger partial charge in [-0.3, -0.25) is 4.79 Å². The number of carbonyl (C=O) groups excluding carboxylic acids is 1. The van der Waals surface area contributed by atoms with E-state index in [1.165, 1.54) is 12.1 Å². The van der Waals surface area contributed by atoms with E-state index in [9.17, 15) is 9.18 Å². The highest BCUT2D eigenvalue weighted by Gasteiger charge is 2.22. The fraction of sp³-hybridized carbons (Fsp3) is 0.300. The van der Waals surface area contributed by atoms with Gasteiger partial charge >= 0.3 is 0 Å². The van der Waals surface area contributed by atoms with E-state index < -0.39 is 0 Å². The first-order chi connectivity index (χ1) is 11.9. The summed E-state index contributed by atoms with van der Waals surface area (Å²) in [5.74, 6) is -0.644. The highest BCUT2D eigenvalue weighted by atomic mass is 19.1. The first kappa shape index (κ1) is 17.1. The van der Waals surface area contributed by atoms with Gasteiger partial charge in [-0.15, -0.1) is 0 Å². The predicted molar refractivity (Wildman–Crippen MR) is 96.1 cm³/mol. The van der Waals surface area contributed by atoms with Gasteiger partial charge in [-0.1, -0.05) is 12.1 Å².